The Morgan fingerprint density at radius 1 is 0.939 bits per heavy atom. The van der Waals surface area contributed by atoms with Gasteiger partial charge >= 0.3 is 0 Å². The molecular formula is C25H21N3O3S2. The second kappa shape index (κ2) is 10.8. The van der Waals surface area contributed by atoms with E-state index < -0.39 is 0 Å². The quantitative estimate of drug-likeness (QED) is 0.315. The molecule has 0 atom stereocenters. The molecule has 2 N–H and O–H groups in total. The summed E-state index contributed by atoms with van der Waals surface area (Å²) < 4.78 is 5.11. The minimum absolute atomic E-state index is 0.120. The van der Waals surface area contributed by atoms with Crippen LogP contribution in [0, 0.1) is 0 Å². The fraction of sp³-hybridized carbons (Fsp3) is 0.0800. The third-order valence-corrected chi connectivity index (χ3v) is 6.42. The number of aromatic nitrogens is 1. The number of amides is 2. The predicted molar refractivity (Wildman–Crippen MR) is 134 cm³/mol. The van der Waals surface area contributed by atoms with E-state index in [4.69, 9.17) is 4.74 Å². The first-order valence-electron chi connectivity index (χ1n) is 10.1. The summed E-state index contributed by atoms with van der Waals surface area (Å²) in [7, 11) is 1.58. The molecule has 0 aliphatic rings. The first-order chi connectivity index (χ1) is 16.1. The third-order valence-electron chi connectivity index (χ3n) is 4.65. The molecule has 2 amide bonds. The summed E-state index contributed by atoms with van der Waals surface area (Å²) in [6, 6.07) is 24.1. The minimum Gasteiger partial charge on any atom is -0.497 e. The van der Waals surface area contributed by atoms with Gasteiger partial charge < -0.3 is 15.4 Å². The van der Waals surface area contributed by atoms with Gasteiger partial charge in [-0.1, -0.05) is 30.3 Å². The van der Waals surface area contributed by atoms with E-state index >= 15 is 0 Å². The maximum atomic E-state index is 12.4. The van der Waals surface area contributed by atoms with Crippen LogP contribution in [-0.2, 0) is 4.79 Å². The highest BCUT2D eigenvalue weighted by Crippen LogP contribution is 2.25. The van der Waals surface area contributed by atoms with Gasteiger partial charge in [0.15, 0.2) is 5.13 Å². The lowest BCUT2D eigenvalue weighted by Crippen LogP contribution is -2.13. The van der Waals surface area contributed by atoms with Gasteiger partial charge in [0, 0.05) is 27.1 Å². The summed E-state index contributed by atoms with van der Waals surface area (Å²) >= 11 is 2.82. The van der Waals surface area contributed by atoms with Crippen molar-refractivity contribution in [3.8, 4) is 17.0 Å². The normalized spacial score (nSPS) is 10.5. The predicted octanol–water partition coefficient (Wildman–Crippen LogP) is 5.80. The van der Waals surface area contributed by atoms with Gasteiger partial charge in [0.2, 0.25) is 5.91 Å². The molecule has 4 rings (SSSR count). The Labute approximate surface area is 200 Å². The van der Waals surface area contributed by atoms with Crippen LogP contribution >= 0.6 is 23.1 Å². The Morgan fingerprint density at radius 3 is 2.36 bits per heavy atom. The van der Waals surface area contributed by atoms with Crippen molar-refractivity contribution in [3.63, 3.8) is 0 Å². The Kier molecular flexibility index (Phi) is 7.39. The lowest BCUT2D eigenvalue weighted by atomic mass is 10.2. The number of rotatable bonds is 8. The maximum absolute atomic E-state index is 12.4. The largest absolute Gasteiger partial charge is 0.497 e. The molecule has 0 bridgehead atoms. The second-order valence-corrected chi connectivity index (χ2v) is 8.85. The molecule has 6 nitrogen and oxygen atoms in total. The van der Waals surface area contributed by atoms with Crippen molar-refractivity contribution in [2.75, 3.05) is 23.5 Å². The molecule has 0 saturated carbocycles. The van der Waals surface area contributed by atoms with Gasteiger partial charge in [0.1, 0.15) is 5.75 Å². The highest BCUT2D eigenvalue weighted by molar-refractivity contribution is 8.00. The zero-order valence-electron chi connectivity index (χ0n) is 17.8. The molecule has 0 unspecified atom stereocenters. The standard InChI is InChI=1S/C25H21N3O3S2/c1-31-20-11-7-18(8-12-20)24(30)26-19-9-13-21(14-10-19)32-16-23(29)28-25-27-22(15-33-25)17-5-3-2-4-6-17/h2-15H,16H2,1H3,(H,26,30)(H,27,28,29). The monoisotopic (exact) mass is 475 g/mol. The number of thiazole rings is 1. The van der Waals surface area contributed by atoms with Crippen molar-refractivity contribution < 1.29 is 14.3 Å². The van der Waals surface area contributed by atoms with Crippen molar-refractivity contribution >= 4 is 45.7 Å². The Morgan fingerprint density at radius 2 is 1.67 bits per heavy atom. The van der Waals surface area contributed by atoms with E-state index in [2.05, 4.69) is 15.6 Å². The smallest absolute Gasteiger partial charge is 0.255 e. The number of benzene rings is 3. The molecule has 3 aromatic carbocycles. The van der Waals surface area contributed by atoms with Crippen LogP contribution in [0.4, 0.5) is 10.8 Å². The topological polar surface area (TPSA) is 80.3 Å². The van der Waals surface area contributed by atoms with Crippen LogP contribution in [0.15, 0.2) is 89.1 Å². The molecule has 0 aliphatic carbocycles. The first kappa shape index (κ1) is 22.6. The SMILES string of the molecule is COc1ccc(C(=O)Nc2ccc(SCC(=O)Nc3nc(-c4ccccc4)cs3)cc2)cc1. The van der Waals surface area contributed by atoms with Crippen LogP contribution in [0.3, 0.4) is 0 Å². The zero-order valence-corrected chi connectivity index (χ0v) is 19.4. The minimum atomic E-state index is -0.198. The summed E-state index contributed by atoms with van der Waals surface area (Å²) in [5, 5.41) is 8.22. The van der Waals surface area contributed by atoms with Crippen LogP contribution in [0.1, 0.15) is 10.4 Å². The Balaban J connectivity index is 1.26. The number of methoxy groups -OCH3 is 1. The van der Waals surface area contributed by atoms with Crippen molar-refractivity contribution in [2.24, 2.45) is 0 Å². The Bertz CT molecular complexity index is 1220. The molecule has 0 aliphatic heterocycles. The molecule has 0 fully saturated rings. The van der Waals surface area contributed by atoms with Gasteiger partial charge in [0.05, 0.1) is 18.6 Å². The molecular weight excluding hydrogens is 454 g/mol. The number of thioether (sulfide) groups is 1. The molecule has 1 aromatic heterocycles. The van der Waals surface area contributed by atoms with Crippen LogP contribution in [0.5, 0.6) is 5.75 Å². The van der Waals surface area contributed by atoms with Crippen LogP contribution in [0.2, 0.25) is 0 Å². The van der Waals surface area contributed by atoms with Crippen LogP contribution < -0.4 is 15.4 Å². The van der Waals surface area contributed by atoms with Gasteiger partial charge in [-0.25, -0.2) is 4.98 Å². The van der Waals surface area contributed by atoms with Crippen LogP contribution in [0.25, 0.3) is 11.3 Å². The third kappa shape index (κ3) is 6.21. The summed E-state index contributed by atoms with van der Waals surface area (Å²) in [6.07, 6.45) is 0. The van der Waals surface area contributed by atoms with E-state index in [1.165, 1.54) is 23.1 Å². The molecule has 0 radical (unpaired) electrons. The number of nitrogens with one attached hydrogen (secondary N) is 2. The average Bonchev–Trinajstić information content (AvgIpc) is 3.32. The molecule has 0 saturated heterocycles. The summed E-state index contributed by atoms with van der Waals surface area (Å²) in [5.41, 5.74) is 3.09. The van der Waals surface area contributed by atoms with Gasteiger partial charge in [-0.3, -0.25) is 9.59 Å². The molecule has 1 heterocycles. The van der Waals surface area contributed by atoms with Crippen molar-refractivity contribution in [1.29, 1.82) is 0 Å². The van der Waals surface area contributed by atoms with E-state index in [-0.39, 0.29) is 17.6 Å². The van der Waals surface area contributed by atoms with E-state index in [1.807, 2.05) is 60.0 Å². The fourth-order valence-electron chi connectivity index (χ4n) is 2.96. The molecule has 33 heavy (non-hydrogen) atoms. The maximum Gasteiger partial charge on any atom is 0.255 e. The fourth-order valence-corrected chi connectivity index (χ4v) is 4.39. The van der Waals surface area contributed by atoms with Gasteiger partial charge in [-0.15, -0.1) is 23.1 Å². The Hall–Kier alpha value is -3.62. The molecule has 4 aromatic rings. The van der Waals surface area contributed by atoms with Gasteiger partial charge in [0.25, 0.3) is 5.91 Å². The highest BCUT2D eigenvalue weighted by atomic mass is 32.2. The first-order valence-corrected chi connectivity index (χ1v) is 12.0. The van der Waals surface area contributed by atoms with E-state index in [1.54, 1.807) is 31.4 Å². The summed E-state index contributed by atoms with van der Waals surface area (Å²) in [6.45, 7) is 0. The van der Waals surface area contributed by atoms with Crippen molar-refractivity contribution in [2.45, 2.75) is 4.90 Å². The molecule has 0 spiro atoms. The number of carbonyl (C=O) groups is 2. The lowest BCUT2D eigenvalue weighted by molar-refractivity contribution is -0.113. The number of nitrogens with zero attached hydrogens (tertiary/aromatic N) is 1. The number of carbonyl (C=O) groups excluding carboxylic acids is 2. The van der Waals surface area contributed by atoms with Crippen LogP contribution in [-0.4, -0.2) is 29.7 Å². The van der Waals surface area contributed by atoms with Gasteiger partial charge in [-0.05, 0) is 48.5 Å². The van der Waals surface area contributed by atoms with Crippen molar-refractivity contribution in [3.05, 3.63) is 89.8 Å². The van der Waals surface area contributed by atoms with E-state index in [9.17, 15) is 9.59 Å². The number of hydrogen-bond acceptors (Lipinski definition) is 6. The van der Waals surface area contributed by atoms with E-state index in [0.717, 1.165) is 16.2 Å². The average molecular weight is 476 g/mol. The molecule has 8 heteroatoms. The zero-order chi connectivity index (χ0) is 23.0. The summed E-state index contributed by atoms with van der Waals surface area (Å²) in [4.78, 5) is 30.1. The lowest BCUT2D eigenvalue weighted by Gasteiger charge is -2.07. The van der Waals surface area contributed by atoms with Crippen molar-refractivity contribution in [1.82, 2.24) is 4.98 Å². The van der Waals surface area contributed by atoms with Gasteiger partial charge in [-0.2, -0.15) is 0 Å². The van der Waals surface area contributed by atoms with E-state index in [0.29, 0.717) is 22.1 Å². The highest BCUT2D eigenvalue weighted by Gasteiger charge is 2.10. The molecule has 166 valence electrons. The summed E-state index contributed by atoms with van der Waals surface area (Å²) in [5.74, 6) is 0.641. The second-order valence-electron chi connectivity index (χ2n) is 6.95. The number of anilines is 2. The number of ether oxygens (including phenoxy) is 1. The number of hydrogen-bond donors (Lipinski definition) is 2.